The van der Waals surface area contributed by atoms with Gasteiger partial charge in [0.25, 0.3) is 5.69 Å². The molecule has 1 unspecified atom stereocenters. The summed E-state index contributed by atoms with van der Waals surface area (Å²) in [5, 5.41) is 11.4. The maximum absolute atomic E-state index is 13.2. The predicted molar refractivity (Wildman–Crippen MR) is 125 cm³/mol. The van der Waals surface area contributed by atoms with Crippen molar-refractivity contribution >= 4 is 31.6 Å². The third-order valence-electron chi connectivity index (χ3n) is 5.89. The number of nitrogens with zero attached hydrogens (tertiary/aromatic N) is 3. The van der Waals surface area contributed by atoms with Crippen molar-refractivity contribution in [1.82, 2.24) is 9.21 Å². The van der Waals surface area contributed by atoms with E-state index in [1.165, 1.54) is 35.6 Å². The van der Waals surface area contributed by atoms with Crippen LogP contribution in [0.25, 0.3) is 0 Å². The van der Waals surface area contributed by atoms with Gasteiger partial charge in [-0.15, -0.1) is 6.58 Å². The summed E-state index contributed by atoms with van der Waals surface area (Å²) in [5.41, 5.74) is 0.735. The molecule has 0 radical (unpaired) electrons. The van der Waals surface area contributed by atoms with Gasteiger partial charge >= 0.3 is 0 Å². The maximum atomic E-state index is 13.2. The van der Waals surface area contributed by atoms with E-state index in [4.69, 9.17) is 0 Å². The van der Waals surface area contributed by atoms with Gasteiger partial charge in [0, 0.05) is 48.7 Å². The standard InChI is InChI=1S/C22H26BrN3O4S/c1-4-14-25-18(5-2)22(16-10-12-17(23)13-11-16)20(25)15-24(3)31(29,30)21-9-7-6-8-19(21)26(27)28/h4,6-13,18,20,22H,1,5,14-15H2,2-3H3/t18-,20?,22+/m1/s1. The smallest absolute Gasteiger partial charge is 0.289 e. The van der Waals surface area contributed by atoms with Crippen LogP contribution in [0.1, 0.15) is 24.8 Å². The van der Waals surface area contributed by atoms with Crippen LogP contribution in [0.4, 0.5) is 5.69 Å². The third-order valence-corrected chi connectivity index (χ3v) is 8.29. The van der Waals surface area contributed by atoms with Gasteiger partial charge in [-0.2, -0.15) is 4.31 Å². The van der Waals surface area contributed by atoms with Gasteiger partial charge in [-0.1, -0.05) is 53.2 Å². The Balaban J connectivity index is 1.92. The number of rotatable bonds is 9. The van der Waals surface area contributed by atoms with Crippen molar-refractivity contribution in [2.75, 3.05) is 20.1 Å². The first-order chi connectivity index (χ1) is 14.7. The number of benzene rings is 2. The first-order valence-corrected chi connectivity index (χ1v) is 12.3. The minimum Gasteiger partial charge on any atom is -0.291 e. The lowest BCUT2D eigenvalue weighted by Crippen LogP contribution is -2.65. The highest BCUT2D eigenvalue weighted by molar-refractivity contribution is 9.10. The summed E-state index contributed by atoms with van der Waals surface area (Å²) in [7, 11) is -2.55. The van der Waals surface area contributed by atoms with Crippen LogP contribution < -0.4 is 0 Å². The molecule has 1 aliphatic heterocycles. The minimum atomic E-state index is -4.03. The molecule has 1 fully saturated rings. The molecule has 0 aliphatic carbocycles. The Morgan fingerprint density at radius 2 is 1.84 bits per heavy atom. The second-order valence-electron chi connectivity index (χ2n) is 7.62. The number of halogens is 1. The van der Waals surface area contributed by atoms with Crippen LogP contribution in [0.3, 0.4) is 0 Å². The molecule has 0 saturated carbocycles. The number of sulfonamides is 1. The summed E-state index contributed by atoms with van der Waals surface area (Å²) < 4.78 is 28.6. The van der Waals surface area contributed by atoms with Gasteiger partial charge in [-0.25, -0.2) is 8.42 Å². The van der Waals surface area contributed by atoms with Crippen LogP contribution in [-0.4, -0.2) is 54.8 Å². The zero-order chi connectivity index (χ0) is 22.8. The zero-order valence-corrected chi connectivity index (χ0v) is 19.9. The highest BCUT2D eigenvalue weighted by Gasteiger charge is 2.48. The van der Waals surface area contributed by atoms with Crippen molar-refractivity contribution in [2.24, 2.45) is 0 Å². The zero-order valence-electron chi connectivity index (χ0n) is 17.5. The van der Waals surface area contributed by atoms with E-state index >= 15 is 0 Å². The highest BCUT2D eigenvalue weighted by Crippen LogP contribution is 2.43. The summed E-state index contributed by atoms with van der Waals surface area (Å²) in [4.78, 5) is 12.7. The number of nitro benzene ring substituents is 1. The van der Waals surface area contributed by atoms with Crippen molar-refractivity contribution in [3.8, 4) is 0 Å². The Morgan fingerprint density at radius 3 is 2.42 bits per heavy atom. The summed E-state index contributed by atoms with van der Waals surface area (Å²) in [6, 6.07) is 13.8. The first-order valence-electron chi connectivity index (χ1n) is 10.0. The van der Waals surface area contributed by atoms with Crippen LogP contribution >= 0.6 is 15.9 Å². The fourth-order valence-electron chi connectivity index (χ4n) is 4.43. The lowest BCUT2D eigenvalue weighted by molar-refractivity contribution is -0.387. The Labute approximate surface area is 191 Å². The molecule has 0 aromatic heterocycles. The minimum absolute atomic E-state index is 0.0633. The van der Waals surface area contributed by atoms with Gasteiger partial charge < -0.3 is 0 Å². The largest absolute Gasteiger partial charge is 0.291 e. The number of para-hydroxylation sites is 1. The molecule has 9 heteroatoms. The second-order valence-corrected chi connectivity index (χ2v) is 10.5. The Kier molecular flexibility index (Phi) is 7.31. The number of hydrogen-bond donors (Lipinski definition) is 0. The molecule has 2 aromatic carbocycles. The van der Waals surface area contributed by atoms with Crippen molar-refractivity contribution in [3.63, 3.8) is 0 Å². The molecule has 0 N–H and O–H groups in total. The molecule has 0 spiro atoms. The lowest BCUT2D eigenvalue weighted by Gasteiger charge is -2.56. The van der Waals surface area contributed by atoms with Gasteiger partial charge in [-0.05, 0) is 30.2 Å². The van der Waals surface area contributed by atoms with Crippen molar-refractivity contribution in [2.45, 2.75) is 36.2 Å². The lowest BCUT2D eigenvalue weighted by atomic mass is 9.73. The quantitative estimate of drug-likeness (QED) is 0.285. The molecule has 166 valence electrons. The molecule has 31 heavy (non-hydrogen) atoms. The number of nitro groups is 1. The van der Waals surface area contributed by atoms with Gasteiger partial charge in [0.2, 0.25) is 10.0 Å². The van der Waals surface area contributed by atoms with Crippen LogP contribution in [0.2, 0.25) is 0 Å². The number of hydrogen-bond acceptors (Lipinski definition) is 5. The first kappa shape index (κ1) is 23.6. The van der Waals surface area contributed by atoms with E-state index < -0.39 is 20.6 Å². The van der Waals surface area contributed by atoms with Gasteiger partial charge in [0.1, 0.15) is 0 Å². The van der Waals surface area contributed by atoms with Gasteiger partial charge in [0.15, 0.2) is 4.90 Å². The molecule has 3 rings (SSSR count). The Hall–Kier alpha value is -2.07. The van der Waals surface area contributed by atoms with E-state index in [0.717, 1.165) is 16.5 Å². The molecule has 1 heterocycles. The van der Waals surface area contributed by atoms with E-state index in [9.17, 15) is 18.5 Å². The van der Waals surface area contributed by atoms with E-state index in [1.807, 2.05) is 18.2 Å². The summed E-state index contributed by atoms with van der Waals surface area (Å²) >= 11 is 3.46. The molecule has 0 amide bonds. The van der Waals surface area contributed by atoms with Crippen LogP contribution in [-0.2, 0) is 10.0 Å². The van der Waals surface area contributed by atoms with Crippen LogP contribution in [0.15, 0.2) is 70.6 Å². The molecule has 2 aromatic rings. The Morgan fingerprint density at radius 1 is 1.19 bits per heavy atom. The molecule has 1 aliphatic rings. The maximum Gasteiger partial charge on any atom is 0.289 e. The number of likely N-dealkylation sites (tertiary alicyclic amines) is 1. The fourth-order valence-corrected chi connectivity index (χ4v) is 6.03. The molecule has 0 bridgehead atoms. The summed E-state index contributed by atoms with van der Waals surface area (Å²) in [5.74, 6) is 0.154. The number of likely N-dealkylation sites (N-methyl/N-ethyl adjacent to an activating group) is 1. The van der Waals surface area contributed by atoms with Crippen LogP contribution in [0.5, 0.6) is 0 Å². The average molecular weight is 508 g/mol. The molecular weight excluding hydrogens is 482 g/mol. The average Bonchev–Trinajstić information content (AvgIpc) is 2.75. The fraction of sp³-hybridized carbons (Fsp3) is 0.364. The Bertz CT molecular complexity index is 1060. The van der Waals surface area contributed by atoms with Crippen molar-refractivity contribution < 1.29 is 13.3 Å². The van der Waals surface area contributed by atoms with Gasteiger partial charge in [0.05, 0.1) is 4.92 Å². The molecule has 7 nitrogen and oxygen atoms in total. The van der Waals surface area contributed by atoms with E-state index in [1.54, 1.807) is 0 Å². The molecule has 1 saturated heterocycles. The summed E-state index contributed by atoms with van der Waals surface area (Å²) in [6.07, 6.45) is 2.75. The molecular formula is C22H26BrN3O4S. The normalized spacial score (nSPS) is 21.6. The van der Waals surface area contributed by atoms with Crippen molar-refractivity contribution in [3.05, 3.63) is 81.3 Å². The highest BCUT2D eigenvalue weighted by atomic mass is 79.9. The van der Waals surface area contributed by atoms with E-state index in [0.29, 0.717) is 6.54 Å². The van der Waals surface area contributed by atoms with Crippen LogP contribution in [0, 0.1) is 10.1 Å². The monoisotopic (exact) mass is 507 g/mol. The third kappa shape index (κ3) is 4.59. The SMILES string of the molecule is C=CCN1C(CN(C)S(=O)(=O)c2ccccc2[N+](=O)[O-])[C@@H](c2ccc(Br)cc2)[C@H]1CC. The van der Waals surface area contributed by atoms with E-state index in [-0.39, 0.29) is 29.4 Å². The second kappa shape index (κ2) is 9.60. The summed E-state index contributed by atoms with van der Waals surface area (Å²) in [6.45, 7) is 6.84. The van der Waals surface area contributed by atoms with Crippen molar-refractivity contribution in [1.29, 1.82) is 0 Å². The molecule has 3 atom stereocenters. The van der Waals surface area contributed by atoms with Gasteiger partial charge in [-0.3, -0.25) is 15.0 Å². The van der Waals surface area contributed by atoms with E-state index in [2.05, 4.69) is 46.5 Å². The topological polar surface area (TPSA) is 83.8 Å². The predicted octanol–water partition coefficient (Wildman–Crippen LogP) is 4.41.